The third kappa shape index (κ3) is 3.56. The van der Waals surface area contributed by atoms with Crippen molar-refractivity contribution in [3.8, 4) is 11.4 Å². The minimum atomic E-state index is 0.0302. The van der Waals surface area contributed by atoms with Gasteiger partial charge in [0.25, 0.3) is 5.91 Å². The van der Waals surface area contributed by atoms with Gasteiger partial charge in [-0.05, 0) is 57.5 Å². The molecule has 1 aliphatic rings. The first-order valence-electron chi connectivity index (χ1n) is 10.5. The number of aromatic nitrogens is 2. The number of imidazole rings is 1. The van der Waals surface area contributed by atoms with Crippen LogP contribution in [0, 0.1) is 6.92 Å². The molecule has 0 radical (unpaired) electrons. The molecular weight excluding hydrogens is 376 g/mol. The topological polar surface area (TPSA) is 50.6 Å². The summed E-state index contributed by atoms with van der Waals surface area (Å²) in [6, 6.07) is 14.5. The molecule has 0 N–H and O–H groups in total. The Labute approximate surface area is 178 Å². The molecule has 1 saturated heterocycles. The van der Waals surface area contributed by atoms with Crippen LogP contribution < -0.4 is 4.74 Å². The van der Waals surface area contributed by atoms with Gasteiger partial charge in [0.2, 0.25) is 0 Å². The number of carbonyl (C=O) groups excluding carboxylic acids is 1. The van der Waals surface area contributed by atoms with E-state index < -0.39 is 0 Å². The van der Waals surface area contributed by atoms with Crippen LogP contribution >= 0.6 is 0 Å². The highest BCUT2D eigenvalue weighted by atomic mass is 16.5. The van der Waals surface area contributed by atoms with E-state index in [9.17, 15) is 4.79 Å². The molecule has 3 aromatic rings. The van der Waals surface area contributed by atoms with Crippen LogP contribution in [0.25, 0.3) is 16.7 Å². The van der Waals surface area contributed by atoms with Crippen LogP contribution in [0.2, 0.25) is 0 Å². The maximum Gasteiger partial charge on any atom is 0.254 e. The molecule has 6 nitrogen and oxygen atoms in total. The first-order valence-corrected chi connectivity index (χ1v) is 10.5. The molecule has 2 heterocycles. The van der Waals surface area contributed by atoms with E-state index in [0.29, 0.717) is 17.4 Å². The number of benzene rings is 2. The molecule has 1 amide bonds. The van der Waals surface area contributed by atoms with E-state index in [0.717, 1.165) is 42.1 Å². The fourth-order valence-electron chi connectivity index (χ4n) is 4.37. The van der Waals surface area contributed by atoms with E-state index in [-0.39, 0.29) is 11.9 Å². The molecular formula is C24H30N4O2. The lowest BCUT2D eigenvalue weighted by molar-refractivity contribution is 0.0732. The van der Waals surface area contributed by atoms with Gasteiger partial charge < -0.3 is 9.64 Å². The van der Waals surface area contributed by atoms with Gasteiger partial charge in [-0.1, -0.05) is 12.1 Å². The van der Waals surface area contributed by atoms with Gasteiger partial charge >= 0.3 is 0 Å². The van der Waals surface area contributed by atoms with Crippen molar-refractivity contribution >= 4 is 16.9 Å². The van der Waals surface area contributed by atoms with Crippen molar-refractivity contribution in [2.24, 2.45) is 0 Å². The van der Waals surface area contributed by atoms with Crippen LogP contribution in [0.4, 0.5) is 0 Å². The zero-order valence-electron chi connectivity index (χ0n) is 18.4. The van der Waals surface area contributed by atoms with Gasteiger partial charge in [-0.3, -0.25) is 14.3 Å². The number of amides is 1. The number of fused-ring (bicyclic) bond motifs is 1. The summed E-state index contributed by atoms with van der Waals surface area (Å²) < 4.78 is 7.76. The Morgan fingerprint density at radius 3 is 2.70 bits per heavy atom. The van der Waals surface area contributed by atoms with Crippen LogP contribution in [0.1, 0.15) is 36.5 Å². The highest BCUT2D eigenvalue weighted by Crippen LogP contribution is 2.30. The Hall–Kier alpha value is -2.86. The van der Waals surface area contributed by atoms with E-state index in [1.165, 1.54) is 0 Å². The molecule has 0 spiro atoms. The number of para-hydroxylation sites is 2. The van der Waals surface area contributed by atoms with Crippen molar-refractivity contribution in [2.75, 3.05) is 27.2 Å². The SMILES string of the molecule is COc1cc(C(=O)N(C)[C@@H]2CCN(C(C)C)C2)ccc1-n1c(C)nc2ccccc21. The van der Waals surface area contributed by atoms with Gasteiger partial charge in [-0.15, -0.1) is 0 Å². The summed E-state index contributed by atoms with van der Waals surface area (Å²) >= 11 is 0. The van der Waals surface area contributed by atoms with E-state index in [1.54, 1.807) is 7.11 Å². The van der Waals surface area contributed by atoms with Crippen molar-refractivity contribution in [1.29, 1.82) is 0 Å². The minimum absolute atomic E-state index is 0.0302. The maximum absolute atomic E-state index is 13.2. The zero-order valence-corrected chi connectivity index (χ0v) is 18.4. The number of hydrogen-bond donors (Lipinski definition) is 0. The molecule has 0 unspecified atom stereocenters. The summed E-state index contributed by atoms with van der Waals surface area (Å²) in [6.45, 7) is 8.35. The molecule has 158 valence electrons. The van der Waals surface area contributed by atoms with Gasteiger partial charge in [-0.25, -0.2) is 4.98 Å². The Kier molecular flexibility index (Phi) is 5.52. The van der Waals surface area contributed by atoms with Gasteiger partial charge in [0.1, 0.15) is 11.6 Å². The molecule has 0 aliphatic carbocycles. The predicted molar refractivity (Wildman–Crippen MR) is 120 cm³/mol. The number of methoxy groups -OCH3 is 1. The summed E-state index contributed by atoms with van der Waals surface area (Å²) in [6.07, 6.45) is 1.01. The summed E-state index contributed by atoms with van der Waals surface area (Å²) in [7, 11) is 3.55. The molecule has 1 fully saturated rings. The average molecular weight is 407 g/mol. The Balaban J connectivity index is 1.64. The number of carbonyl (C=O) groups is 1. The summed E-state index contributed by atoms with van der Waals surface area (Å²) in [5.74, 6) is 1.57. The van der Waals surface area contributed by atoms with Crippen molar-refractivity contribution in [2.45, 2.75) is 39.3 Å². The number of aryl methyl sites for hydroxylation is 1. The Morgan fingerprint density at radius 2 is 2.00 bits per heavy atom. The van der Waals surface area contributed by atoms with Crippen molar-refractivity contribution < 1.29 is 9.53 Å². The Morgan fingerprint density at radius 1 is 1.23 bits per heavy atom. The van der Waals surface area contributed by atoms with Crippen molar-refractivity contribution in [3.63, 3.8) is 0 Å². The molecule has 30 heavy (non-hydrogen) atoms. The van der Waals surface area contributed by atoms with Gasteiger partial charge in [-0.2, -0.15) is 0 Å². The fourth-order valence-corrected chi connectivity index (χ4v) is 4.37. The number of rotatable bonds is 5. The number of likely N-dealkylation sites (N-methyl/N-ethyl adjacent to an activating group) is 1. The third-order valence-corrected chi connectivity index (χ3v) is 6.19. The van der Waals surface area contributed by atoms with E-state index in [4.69, 9.17) is 4.74 Å². The second-order valence-electron chi connectivity index (χ2n) is 8.32. The predicted octanol–water partition coefficient (Wildman–Crippen LogP) is 3.90. The molecule has 1 atom stereocenters. The summed E-state index contributed by atoms with van der Waals surface area (Å²) in [5, 5.41) is 0. The summed E-state index contributed by atoms with van der Waals surface area (Å²) in [5.41, 5.74) is 3.48. The third-order valence-electron chi connectivity index (χ3n) is 6.19. The van der Waals surface area contributed by atoms with Gasteiger partial charge in [0, 0.05) is 37.8 Å². The number of hydrogen-bond acceptors (Lipinski definition) is 4. The second-order valence-corrected chi connectivity index (χ2v) is 8.32. The largest absolute Gasteiger partial charge is 0.495 e. The maximum atomic E-state index is 13.2. The van der Waals surface area contributed by atoms with E-state index >= 15 is 0 Å². The molecule has 1 aliphatic heterocycles. The Bertz CT molecular complexity index is 1070. The first kappa shape index (κ1) is 20.4. The lowest BCUT2D eigenvalue weighted by atomic mass is 10.1. The van der Waals surface area contributed by atoms with Gasteiger partial charge in [0.05, 0.1) is 23.8 Å². The van der Waals surface area contributed by atoms with E-state index in [2.05, 4.69) is 28.3 Å². The highest BCUT2D eigenvalue weighted by molar-refractivity contribution is 5.95. The normalized spacial score (nSPS) is 17.1. The zero-order chi connectivity index (χ0) is 21.4. The standard InChI is InChI=1S/C24H30N4O2/c1-16(2)27-13-12-19(15-27)26(4)24(29)18-10-11-22(23(14-18)30-5)28-17(3)25-20-8-6-7-9-21(20)28/h6-11,14,16,19H,12-13,15H2,1-5H3/t19-/m1/s1. The lowest BCUT2D eigenvalue weighted by Crippen LogP contribution is -2.40. The summed E-state index contributed by atoms with van der Waals surface area (Å²) in [4.78, 5) is 22.1. The van der Waals surface area contributed by atoms with Crippen LogP contribution in [0.3, 0.4) is 0 Å². The number of likely N-dealkylation sites (tertiary alicyclic amines) is 1. The molecule has 1 aromatic heterocycles. The number of ether oxygens (including phenoxy) is 1. The smallest absolute Gasteiger partial charge is 0.254 e. The van der Waals surface area contributed by atoms with Crippen LogP contribution in [0.15, 0.2) is 42.5 Å². The molecule has 6 heteroatoms. The minimum Gasteiger partial charge on any atom is -0.495 e. The van der Waals surface area contributed by atoms with Crippen LogP contribution in [-0.2, 0) is 0 Å². The molecule has 4 rings (SSSR count). The highest BCUT2D eigenvalue weighted by Gasteiger charge is 2.30. The average Bonchev–Trinajstić information content (AvgIpc) is 3.36. The molecule has 0 bridgehead atoms. The van der Waals surface area contributed by atoms with Crippen LogP contribution in [0.5, 0.6) is 5.75 Å². The first-order chi connectivity index (χ1) is 14.4. The second kappa shape index (κ2) is 8.11. The monoisotopic (exact) mass is 406 g/mol. The lowest BCUT2D eigenvalue weighted by Gasteiger charge is -2.26. The molecule has 2 aromatic carbocycles. The van der Waals surface area contributed by atoms with Gasteiger partial charge in [0.15, 0.2) is 0 Å². The molecule has 0 saturated carbocycles. The number of nitrogens with zero attached hydrogens (tertiary/aromatic N) is 4. The quantitative estimate of drug-likeness (QED) is 0.645. The van der Waals surface area contributed by atoms with E-state index in [1.807, 2.05) is 61.3 Å². The van der Waals surface area contributed by atoms with Crippen molar-refractivity contribution in [3.05, 3.63) is 53.9 Å². The fraction of sp³-hybridized carbons (Fsp3) is 0.417. The van der Waals surface area contributed by atoms with Crippen LogP contribution in [-0.4, -0.2) is 64.6 Å². The van der Waals surface area contributed by atoms with Crippen molar-refractivity contribution in [1.82, 2.24) is 19.4 Å².